The van der Waals surface area contributed by atoms with Gasteiger partial charge in [-0.1, -0.05) is 0 Å². The van der Waals surface area contributed by atoms with Crippen molar-refractivity contribution in [2.45, 2.75) is 6.54 Å². The Labute approximate surface area is 91.4 Å². The van der Waals surface area contributed by atoms with E-state index >= 15 is 0 Å². The van der Waals surface area contributed by atoms with Crippen LogP contribution in [-0.4, -0.2) is 4.57 Å². The van der Waals surface area contributed by atoms with Gasteiger partial charge in [0.05, 0.1) is 6.54 Å². The fraction of sp³-hybridized carbons (Fsp3) is 0.0833. The number of nitrogens with zero attached hydrogens (tertiary/aromatic N) is 2. The fourth-order valence-corrected chi connectivity index (χ4v) is 1.50. The van der Waals surface area contributed by atoms with Crippen LogP contribution in [0.1, 0.15) is 11.3 Å². The molecule has 0 fully saturated rings. The Morgan fingerprint density at radius 1 is 1.25 bits per heavy atom. The molecule has 0 bridgehead atoms. The van der Waals surface area contributed by atoms with Gasteiger partial charge >= 0.3 is 0 Å². The topological polar surface area (TPSA) is 28.7 Å². The van der Waals surface area contributed by atoms with Crippen molar-refractivity contribution in [1.29, 1.82) is 5.26 Å². The molecule has 4 heteroatoms. The first-order chi connectivity index (χ1) is 7.70. The predicted molar refractivity (Wildman–Crippen MR) is 54.6 cm³/mol. The second kappa shape index (κ2) is 4.15. The van der Waals surface area contributed by atoms with Crippen LogP contribution >= 0.6 is 0 Å². The van der Waals surface area contributed by atoms with E-state index in [1.807, 2.05) is 6.07 Å². The van der Waals surface area contributed by atoms with Gasteiger partial charge in [-0.05, 0) is 30.3 Å². The zero-order chi connectivity index (χ0) is 11.5. The first kappa shape index (κ1) is 10.4. The quantitative estimate of drug-likeness (QED) is 0.761. The number of rotatable bonds is 2. The van der Waals surface area contributed by atoms with Gasteiger partial charge in [-0.25, -0.2) is 8.78 Å². The van der Waals surface area contributed by atoms with Crippen molar-refractivity contribution in [3.05, 3.63) is 59.4 Å². The maximum absolute atomic E-state index is 13.3. The van der Waals surface area contributed by atoms with Crippen molar-refractivity contribution in [2.75, 3.05) is 0 Å². The molecule has 0 unspecified atom stereocenters. The molecule has 2 nitrogen and oxygen atoms in total. The molecule has 1 heterocycles. The number of halogens is 2. The molecule has 80 valence electrons. The number of nitriles is 1. The monoisotopic (exact) mass is 218 g/mol. The number of aromatic nitrogens is 1. The first-order valence-electron chi connectivity index (χ1n) is 4.70. The molecule has 0 aliphatic carbocycles. The van der Waals surface area contributed by atoms with Gasteiger partial charge < -0.3 is 4.57 Å². The Morgan fingerprint density at radius 3 is 2.81 bits per heavy atom. The van der Waals surface area contributed by atoms with Gasteiger partial charge in [-0.3, -0.25) is 0 Å². The summed E-state index contributed by atoms with van der Waals surface area (Å²) in [5.41, 5.74) is 0.649. The number of hydrogen-bond acceptors (Lipinski definition) is 1. The van der Waals surface area contributed by atoms with Crippen LogP contribution in [0.25, 0.3) is 0 Å². The minimum absolute atomic E-state index is 0.152. The molecule has 0 aliphatic rings. The highest BCUT2D eigenvalue weighted by atomic mass is 19.1. The molecule has 0 radical (unpaired) electrons. The summed E-state index contributed by atoms with van der Waals surface area (Å²) in [6, 6.07) is 8.58. The SMILES string of the molecule is N#Cc1cccn1Cc1cc(F)ccc1F. The Bertz CT molecular complexity index is 552. The molecular weight excluding hydrogens is 210 g/mol. The summed E-state index contributed by atoms with van der Waals surface area (Å²) in [6.07, 6.45) is 1.66. The molecule has 0 atom stereocenters. The zero-order valence-corrected chi connectivity index (χ0v) is 8.32. The van der Waals surface area contributed by atoms with Crippen LogP contribution in [0.3, 0.4) is 0 Å². The van der Waals surface area contributed by atoms with Crippen LogP contribution in [0.15, 0.2) is 36.5 Å². The van der Waals surface area contributed by atoms with Crippen molar-refractivity contribution in [3.63, 3.8) is 0 Å². The lowest BCUT2D eigenvalue weighted by molar-refractivity contribution is 0.577. The summed E-state index contributed by atoms with van der Waals surface area (Å²) < 4.78 is 27.8. The third-order valence-electron chi connectivity index (χ3n) is 2.29. The minimum Gasteiger partial charge on any atom is -0.335 e. The summed E-state index contributed by atoms with van der Waals surface area (Å²) in [6.45, 7) is 0.152. The highest BCUT2D eigenvalue weighted by Crippen LogP contribution is 2.13. The van der Waals surface area contributed by atoms with Crippen molar-refractivity contribution in [2.24, 2.45) is 0 Å². The average molecular weight is 218 g/mol. The Morgan fingerprint density at radius 2 is 2.06 bits per heavy atom. The van der Waals surface area contributed by atoms with Crippen LogP contribution in [0.4, 0.5) is 8.78 Å². The molecule has 0 aliphatic heterocycles. The Balaban J connectivity index is 2.34. The third kappa shape index (κ3) is 1.94. The molecule has 0 amide bonds. The van der Waals surface area contributed by atoms with Crippen LogP contribution in [0, 0.1) is 23.0 Å². The van der Waals surface area contributed by atoms with Gasteiger partial charge in [0.15, 0.2) is 0 Å². The molecule has 0 spiro atoms. The largest absolute Gasteiger partial charge is 0.335 e. The standard InChI is InChI=1S/C12H8F2N2/c13-10-3-4-12(14)9(6-10)8-16-5-1-2-11(16)7-15/h1-6H,8H2. The van der Waals surface area contributed by atoms with Crippen molar-refractivity contribution in [1.82, 2.24) is 4.57 Å². The molecule has 16 heavy (non-hydrogen) atoms. The highest BCUT2D eigenvalue weighted by Gasteiger charge is 2.06. The van der Waals surface area contributed by atoms with Crippen LogP contribution < -0.4 is 0 Å². The van der Waals surface area contributed by atoms with E-state index in [1.165, 1.54) is 0 Å². The van der Waals surface area contributed by atoms with Crippen molar-refractivity contribution < 1.29 is 8.78 Å². The molecular formula is C12H8F2N2. The molecule has 0 N–H and O–H groups in total. The van der Waals surface area contributed by atoms with Crippen molar-refractivity contribution >= 4 is 0 Å². The maximum atomic E-state index is 13.3. The van der Waals surface area contributed by atoms with Crippen LogP contribution in [0.5, 0.6) is 0 Å². The molecule has 0 saturated carbocycles. The number of benzene rings is 1. The van der Waals surface area contributed by atoms with E-state index in [2.05, 4.69) is 0 Å². The lowest BCUT2D eigenvalue weighted by Crippen LogP contribution is -2.03. The Kier molecular flexibility index (Phi) is 2.69. The summed E-state index contributed by atoms with van der Waals surface area (Å²) >= 11 is 0. The lowest BCUT2D eigenvalue weighted by Gasteiger charge is -2.06. The first-order valence-corrected chi connectivity index (χ1v) is 4.70. The molecule has 1 aromatic heterocycles. The van der Waals surface area contributed by atoms with Gasteiger partial charge in [0.1, 0.15) is 23.4 Å². The second-order valence-electron chi connectivity index (χ2n) is 3.37. The van der Waals surface area contributed by atoms with Gasteiger partial charge in [-0.2, -0.15) is 5.26 Å². The van der Waals surface area contributed by atoms with Crippen LogP contribution in [0.2, 0.25) is 0 Å². The molecule has 2 rings (SSSR count). The smallest absolute Gasteiger partial charge is 0.128 e. The van der Waals surface area contributed by atoms with Gasteiger partial charge in [0.25, 0.3) is 0 Å². The summed E-state index contributed by atoms with van der Waals surface area (Å²) in [5, 5.41) is 8.77. The summed E-state index contributed by atoms with van der Waals surface area (Å²) in [5.74, 6) is -0.957. The normalized spacial score (nSPS) is 10.1. The average Bonchev–Trinajstić information content (AvgIpc) is 2.71. The Hall–Kier alpha value is -2.15. The lowest BCUT2D eigenvalue weighted by atomic mass is 10.2. The zero-order valence-electron chi connectivity index (χ0n) is 8.32. The van der Waals surface area contributed by atoms with Crippen molar-refractivity contribution in [3.8, 4) is 6.07 Å². The van der Waals surface area contributed by atoms with E-state index < -0.39 is 11.6 Å². The predicted octanol–water partition coefficient (Wildman–Crippen LogP) is 2.69. The summed E-state index contributed by atoms with van der Waals surface area (Å²) in [7, 11) is 0. The molecule has 1 aromatic carbocycles. The van der Waals surface area contributed by atoms with E-state index in [1.54, 1.807) is 22.9 Å². The van der Waals surface area contributed by atoms with Gasteiger partial charge in [-0.15, -0.1) is 0 Å². The van der Waals surface area contributed by atoms with Crippen LogP contribution in [-0.2, 0) is 6.54 Å². The second-order valence-corrected chi connectivity index (χ2v) is 3.37. The van der Waals surface area contributed by atoms with Gasteiger partial charge in [0, 0.05) is 11.8 Å². The maximum Gasteiger partial charge on any atom is 0.128 e. The fourth-order valence-electron chi connectivity index (χ4n) is 1.50. The van der Waals surface area contributed by atoms with E-state index in [9.17, 15) is 8.78 Å². The minimum atomic E-state index is -0.484. The molecule has 0 saturated heterocycles. The summed E-state index contributed by atoms with van der Waals surface area (Å²) in [4.78, 5) is 0. The van der Waals surface area contributed by atoms with E-state index in [0.717, 1.165) is 18.2 Å². The van der Waals surface area contributed by atoms with E-state index in [0.29, 0.717) is 5.69 Å². The van der Waals surface area contributed by atoms with E-state index in [-0.39, 0.29) is 12.1 Å². The van der Waals surface area contributed by atoms with E-state index in [4.69, 9.17) is 5.26 Å². The molecule has 2 aromatic rings. The highest BCUT2D eigenvalue weighted by molar-refractivity contribution is 5.25. The number of hydrogen-bond donors (Lipinski definition) is 0. The van der Waals surface area contributed by atoms with Gasteiger partial charge in [0.2, 0.25) is 0 Å². The third-order valence-corrected chi connectivity index (χ3v) is 2.29.